The van der Waals surface area contributed by atoms with Crippen LogP contribution in [0.25, 0.3) is 0 Å². The molecule has 3 aromatic rings. The second kappa shape index (κ2) is 10.1. The van der Waals surface area contributed by atoms with Gasteiger partial charge in [-0.1, -0.05) is 60.6 Å². The molecule has 8 heteroatoms. The van der Waals surface area contributed by atoms with Crippen molar-refractivity contribution in [1.82, 2.24) is 14.8 Å². The van der Waals surface area contributed by atoms with E-state index >= 15 is 0 Å². The van der Waals surface area contributed by atoms with Gasteiger partial charge in [-0.2, -0.15) is 4.98 Å². The van der Waals surface area contributed by atoms with E-state index < -0.39 is 6.04 Å². The molecule has 0 saturated heterocycles. The predicted octanol–water partition coefficient (Wildman–Crippen LogP) is 5.13. The van der Waals surface area contributed by atoms with Crippen molar-refractivity contribution in [1.29, 1.82) is 0 Å². The molecule has 0 bridgehead atoms. The van der Waals surface area contributed by atoms with Crippen LogP contribution < -0.4 is 10.1 Å². The highest BCUT2D eigenvalue weighted by Gasteiger charge is 2.35. The standard InChI is InChI=1S/C25H28N4O3S/c1-5-31-23(30)21-17(4)26-24-27-25(33-6-2)28-29(24)22(21)19-8-7-9-20(14-19)32-15-18-12-10-16(3)11-13-18/h7-14,22H,5-6,15H2,1-4H3,(H,26,27,28). The Hall–Kier alpha value is -3.26. The van der Waals surface area contributed by atoms with Crippen molar-refractivity contribution in [2.45, 2.75) is 45.5 Å². The summed E-state index contributed by atoms with van der Waals surface area (Å²) in [7, 11) is 0. The Bertz CT molecular complexity index is 1170. The van der Waals surface area contributed by atoms with E-state index in [4.69, 9.17) is 9.47 Å². The highest BCUT2D eigenvalue weighted by atomic mass is 32.2. The van der Waals surface area contributed by atoms with Gasteiger partial charge < -0.3 is 14.8 Å². The second-order valence-electron chi connectivity index (χ2n) is 7.73. The molecule has 0 spiro atoms. The van der Waals surface area contributed by atoms with Gasteiger partial charge in [0.1, 0.15) is 18.4 Å². The summed E-state index contributed by atoms with van der Waals surface area (Å²) in [5.41, 5.74) is 4.40. The predicted molar refractivity (Wildman–Crippen MR) is 129 cm³/mol. The molecule has 0 fully saturated rings. The molecule has 1 aliphatic heterocycles. The van der Waals surface area contributed by atoms with Crippen LogP contribution in [-0.2, 0) is 16.1 Å². The lowest BCUT2D eigenvalue weighted by molar-refractivity contribution is -0.139. The summed E-state index contributed by atoms with van der Waals surface area (Å²) in [5.74, 6) is 1.81. The van der Waals surface area contributed by atoms with E-state index in [1.54, 1.807) is 23.4 Å². The lowest BCUT2D eigenvalue weighted by Gasteiger charge is -2.28. The van der Waals surface area contributed by atoms with Crippen LogP contribution in [0.15, 0.2) is 65.0 Å². The topological polar surface area (TPSA) is 78.3 Å². The Labute approximate surface area is 198 Å². The van der Waals surface area contributed by atoms with E-state index in [1.807, 2.05) is 31.2 Å². The molecule has 33 heavy (non-hydrogen) atoms. The molecule has 172 valence electrons. The summed E-state index contributed by atoms with van der Waals surface area (Å²) in [6.45, 7) is 8.53. The third kappa shape index (κ3) is 5.06. The first-order chi connectivity index (χ1) is 16.0. The fourth-order valence-corrected chi connectivity index (χ4v) is 4.28. The fourth-order valence-electron chi connectivity index (χ4n) is 3.73. The molecule has 2 aromatic carbocycles. The van der Waals surface area contributed by atoms with Crippen LogP contribution in [0.2, 0.25) is 0 Å². The monoisotopic (exact) mass is 464 g/mol. The van der Waals surface area contributed by atoms with Gasteiger partial charge in [0.05, 0.1) is 12.2 Å². The molecule has 0 amide bonds. The van der Waals surface area contributed by atoms with E-state index in [9.17, 15) is 4.79 Å². The summed E-state index contributed by atoms with van der Waals surface area (Å²) in [5, 5.41) is 8.56. The van der Waals surface area contributed by atoms with Gasteiger partial charge in [-0.3, -0.25) is 0 Å². The summed E-state index contributed by atoms with van der Waals surface area (Å²) in [4.78, 5) is 17.5. The number of esters is 1. The zero-order valence-corrected chi connectivity index (χ0v) is 20.1. The van der Waals surface area contributed by atoms with Crippen LogP contribution in [0.3, 0.4) is 0 Å². The number of nitrogens with zero attached hydrogens (tertiary/aromatic N) is 3. The summed E-state index contributed by atoms with van der Waals surface area (Å²) >= 11 is 1.55. The van der Waals surface area contributed by atoms with E-state index in [0.29, 0.717) is 35.6 Å². The minimum atomic E-state index is -0.470. The number of nitrogens with one attached hydrogen (secondary N) is 1. The average molecular weight is 465 g/mol. The number of ether oxygens (including phenoxy) is 2. The van der Waals surface area contributed by atoms with E-state index in [0.717, 1.165) is 22.6 Å². The Balaban J connectivity index is 1.68. The number of allylic oxidation sites excluding steroid dienone is 1. The number of anilines is 1. The van der Waals surface area contributed by atoms with Gasteiger partial charge in [-0.15, -0.1) is 5.10 Å². The number of carbonyl (C=O) groups is 1. The third-order valence-corrected chi connectivity index (χ3v) is 6.02. The van der Waals surface area contributed by atoms with Crippen molar-refractivity contribution in [3.63, 3.8) is 0 Å². The van der Waals surface area contributed by atoms with Crippen molar-refractivity contribution < 1.29 is 14.3 Å². The zero-order chi connectivity index (χ0) is 23.4. The van der Waals surface area contributed by atoms with Crippen LogP contribution in [0.1, 0.15) is 43.5 Å². The maximum Gasteiger partial charge on any atom is 0.338 e. The van der Waals surface area contributed by atoms with Gasteiger partial charge in [0, 0.05) is 5.70 Å². The Morgan fingerprint density at radius 2 is 1.94 bits per heavy atom. The van der Waals surface area contributed by atoms with Crippen molar-refractivity contribution in [2.75, 3.05) is 17.7 Å². The maximum absolute atomic E-state index is 12.9. The smallest absolute Gasteiger partial charge is 0.338 e. The Kier molecular flexibility index (Phi) is 7.03. The quantitative estimate of drug-likeness (QED) is 0.366. The van der Waals surface area contributed by atoms with Gasteiger partial charge in [-0.05, 0) is 49.8 Å². The highest BCUT2D eigenvalue weighted by Crippen LogP contribution is 2.37. The van der Waals surface area contributed by atoms with Gasteiger partial charge in [-0.25, -0.2) is 9.48 Å². The molecule has 1 N–H and O–H groups in total. The van der Waals surface area contributed by atoms with Gasteiger partial charge >= 0.3 is 5.97 Å². The fraction of sp³-hybridized carbons (Fsp3) is 0.320. The molecule has 1 atom stereocenters. The summed E-state index contributed by atoms with van der Waals surface area (Å²) < 4.78 is 13.2. The normalized spacial score (nSPS) is 15.1. The number of thioether (sulfide) groups is 1. The minimum absolute atomic E-state index is 0.295. The van der Waals surface area contributed by atoms with Crippen molar-refractivity contribution >= 4 is 23.7 Å². The molecule has 4 rings (SSSR count). The van der Waals surface area contributed by atoms with E-state index in [2.05, 4.69) is 53.5 Å². The van der Waals surface area contributed by atoms with Crippen molar-refractivity contribution in [3.8, 4) is 5.75 Å². The van der Waals surface area contributed by atoms with Crippen LogP contribution in [0, 0.1) is 6.92 Å². The first-order valence-corrected chi connectivity index (χ1v) is 12.0. The summed E-state index contributed by atoms with van der Waals surface area (Å²) in [6.07, 6.45) is 0. The van der Waals surface area contributed by atoms with Gasteiger partial charge in [0.2, 0.25) is 11.1 Å². The van der Waals surface area contributed by atoms with E-state index in [-0.39, 0.29) is 5.97 Å². The maximum atomic E-state index is 12.9. The van der Waals surface area contributed by atoms with Crippen LogP contribution in [-0.4, -0.2) is 33.1 Å². The zero-order valence-electron chi connectivity index (χ0n) is 19.3. The minimum Gasteiger partial charge on any atom is -0.489 e. The average Bonchev–Trinajstić information content (AvgIpc) is 3.20. The third-order valence-electron chi connectivity index (χ3n) is 5.30. The molecule has 7 nitrogen and oxygen atoms in total. The molecule has 0 saturated carbocycles. The second-order valence-corrected chi connectivity index (χ2v) is 8.96. The van der Waals surface area contributed by atoms with Gasteiger partial charge in [0.15, 0.2) is 0 Å². The number of hydrogen-bond donors (Lipinski definition) is 1. The molecule has 0 radical (unpaired) electrons. The first kappa shape index (κ1) is 22.9. The number of hydrogen-bond acceptors (Lipinski definition) is 7. The number of carbonyl (C=O) groups excluding carboxylic acids is 1. The van der Waals surface area contributed by atoms with Crippen LogP contribution in [0.5, 0.6) is 5.75 Å². The highest BCUT2D eigenvalue weighted by molar-refractivity contribution is 7.99. The van der Waals surface area contributed by atoms with Crippen molar-refractivity contribution in [3.05, 3.63) is 76.5 Å². The first-order valence-electron chi connectivity index (χ1n) is 11.0. The number of aromatic nitrogens is 3. The lowest BCUT2D eigenvalue weighted by Crippen LogP contribution is -2.29. The molecular formula is C25H28N4O3S. The molecule has 1 aromatic heterocycles. The molecule has 1 unspecified atom stereocenters. The molecule has 0 aliphatic carbocycles. The largest absolute Gasteiger partial charge is 0.489 e. The Morgan fingerprint density at radius 1 is 1.15 bits per heavy atom. The van der Waals surface area contributed by atoms with Crippen LogP contribution >= 0.6 is 11.8 Å². The summed E-state index contributed by atoms with van der Waals surface area (Å²) in [6, 6.07) is 15.6. The van der Waals surface area contributed by atoms with Crippen molar-refractivity contribution in [2.24, 2.45) is 0 Å². The number of aryl methyl sites for hydroxylation is 1. The number of rotatable bonds is 8. The molecule has 2 heterocycles. The number of benzene rings is 2. The van der Waals surface area contributed by atoms with Gasteiger partial charge in [0.25, 0.3) is 0 Å². The van der Waals surface area contributed by atoms with Crippen LogP contribution in [0.4, 0.5) is 5.95 Å². The Morgan fingerprint density at radius 3 is 2.67 bits per heavy atom. The number of fused-ring (bicyclic) bond motifs is 1. The van der Waals surface area contributed by atoms with E-state index in [1.165, 1.54) is 5.56 Å². The molecule has 1 aliphatic rings. The molecular weight excluding hydrogens is 436 g/mol. The lowest BCUT2D eigenvalue weighted by atomic mass is 9.95. The SMILES string of the molecule is CCOC(=O)C1=C(C)Nc2nc(SCC)nn2C1c1cccc(OCc2ccc(C)cc2)c1.